The molecule has 4 rings (SSSR count). The summed E-state index contributed by atoms with van der Waals surface area (Å²) in [4.78, 5) is 24.7. The van der Waals surface area contributed by atoms with Crippen LogP contribution in [0.2, 0.25) is 0 Å². The molecule has 2 aromatic carbocycles. The first-order valence-corrected chi connectivity index (χ1v) is 13.6. The molecule has 9 atom stereocenters. The molecule has 9 unspecified atom stereocenters. The van der Waals surface area contributed by atoms with Crippen LogP contribution >= 0.6 is 0 Å². The van der Waals surface area contributed by atoms with Crippen LogP contribution in [0, 0.1) is 11.8 Å². The van der Waals surface area contributed by atoms with Gasteiger partial charge in [-0.05, 0) is 17.0 Å². The highest BCUT2D eigenvalue weighted by atomic mass is 16.8. The number of esters is 2. The van der Waals surface area contributed by atoms with E-state index < -0.39 is 67.1 Å². The van der Waals surface area contributed by atoms with E-state index in [1.165, 1.54) is 14.2 Å². The summed E-state index contributed by atoms with van der Waals surface area (Å²) in [5.41, 5.74) is 1.79. The molecule has 2 saturated heterocycles. The topological polar surface area (TPSA) is 139 Å². The predicted octanol–water partition coefficient (Wildman–Crippen LogP) is 2.31. The number of hydrogen-bond donors (Lipinski definition) is 2. The summed E-state index contributed by atoms with van der Waals surface area (Å²) in [6.07, 6.45) is -7.86. The highest BCUT2D eigenvalue weighted by molar-refractivity contribution is 5.75. The summed E-state index contributed by atoms with van der Waals surface area (Å²) >= 11 is 0. The number of ether oxygens (including phenoxy) is 7. The summed E-state index contributed by atoms with van der Waals surface area (Å²) in [6, 6.07) is 18.8. The van der Waals surface area contributed by atoms with Gasteiger partial charge in [-0.3, -0.25) is 4.79 Å². The Balaban J connectivity index is 1.47. The number of carbonyl (C=O) groups excluding carboxylic acids is 2. The second kappa shape index (κ2) is 14.8. The number of rotatable bonds is 11. The van der Waals surface area contributed by atoms with Crippen LogP contribution in [0.3, 0.4) is 0 Å². The number of benzene rings is 2. The summed E-state index contributed by atoms with van der Waals surface area (Å²) < 4.78 is 39.4. The predicted molar refractivity (Wildman–Crippen MR) is 143 cm³/mol. The van der Waals surface area contributed by atoms with Crippen molar-refractivity contribution in [3.8, 4) is 0 Å². The van der Waals surface area contributed by atoms with E-state index >= 15 is 0 Å². The molecular weight excluding hydrogens is 536 g/mol. The molecule has 11 heteroatoms. The summed E-state index contributed by atoms with van der Waals surface area (Å²) in [5.74, 6) is -2.25. The molecule has 2 fully saturated rings. The smallest absolute Gasteiger partial charge is 0.337 e. The normalized spacial score (nSPS) is 31.8. The quantitative estimate of drug-likeness (QED) is 0.382. The average Bonchev–Trinajstić information content (AvgIpc) is 3.00. The van der Waals surface area contributed by atoms with Gasteiger partial charge in [0.05, 0.1) is 40.0 Å². The standard InChI is InChI=1S/C30H38O11/c1-18-21(14-23(31)35-2)30(38-17-20-12-8-5-9-13-20)41-29(34)26(18)39-24-15-22(25(32)27(40-24)28(33)36-3)37-16-19-10-6-4-7-11-19/h4-13,18,21-22,24-27,29-30,32,34H,14-17H2,1-3H3. The van der Waals surface area contributed by atoms with Crippen molar-refractivity contribution in [1.82, 2.24) is 0 Å². The fraction of sp³-hybridized carbons (Fsp3) is 0.533. The lowest BCUT2D eigenvalue weighted by molar-refractivity contribution is -0.357. The highest BCUT2D eigenvalue weighted by Gasteiger charge is 2.49. The van der Waals surface area contributed by atoms with E-state index in [1.807, 2.05) is 67.6 Å². The van der Waals surface area contributed by atoms with Crippen molar-refractivity contribution in [1.29, 1.82) is 0 Å². The lowest BCUT2D eigenvalue weighted by atomic mass is 9.83. The van der Waals surface area contributed by atoms with Crippen LogP contribution in [0.25, 0.3) is 0 Å². The summed E-state index contributed by atoms with van der Waals surface area (Å²) in [5, 5.41) is 21.8. The molecule has 0 aromatic heterocycles. The van der Waals surface area contributed by atoms with Crippen molar-refractivity contribution in [3.63, 3.8) is 0 Å². The van der Waals surface area contributed by atoms with Gasteiger partial charge in [0.1, 0.15) is 12.2 Å². The third-order valence-corrected chi connectivity index (χ3v) is 7.45. The lowest BCUT2D eigenvalue weighted by Crippen LogP contribution is -2.57. The minimum Gasteiger partial charge on any atom is -0.469 e. The first kappa shape index (κ1) is 31.0. The van der Waals surface area contributed by atoms with E-state index in [2.05, 4.69) is 0 Å². The largest absolute Gasteiger partial charge is 0.469 e. The van der Waals surface area contributed by atoms with Crippen LogP contribution in [-0.2, 0) is 56.0 Å². The van der Waals surface area contributed by atoms with Crippen molar-refractivity contribution in [2.75, 3.05) is 14.2 Å². The molecule has 0 bridgehead atoms. The Kier molecular flexibility index (Phi) is 11.2. The molecular formula is C30H38O11. The number of aliphatic hydroxyl groups is 2. The lowest BCUT2D eigenvalue weighted by Gasteiger charge is -2.45. The van der Waals surface area contributed by atoms with Crippen LogP contribution in [0.4, 0.5) is 0 Å². The zero-order chi connectivity index (χ0) is 29.4. The first-order valence-electron chi connectivity index (χ1n) is 13.6. The Bertz CT molecular complexity index is 1100. The van der Waals surface area contributed by atoms with Crippen molar-refractivity contribution < 1.29 is 53.0 Å². The fourth-order valence-electron chi connectivity index (χ4n) is 5.07. The van der Waals surface area contributed by atoms with E-state index in [0.717, 1.165) is 11.1 Å². The number of carbonyl (C=O) groups is 2. The van der Waals surface area contributed by atoms with Gasteiger partial charge < -0.3 is 43.4 Å². The van der Waals surface area contributed by atoms with Gasteiger partial charge in [-0.1, -0.05) is 67.6 Å². The molecule has 0 spiro atoms. The molecule has 2 heterocycles. The van der Waals surface area contributed by atoms with Crippen LogP contribution < -0.4 is 0 Å². The Labute approximate surface area is 239 Å². The zero-order valence-corrected chi connectivity index (χ0v) is 23.4. The van der Waals surface area contributed by atoms with Crippen molar-refractivity contribution >= 4 is 11.9 Å². The molecule has 0 saturated carbocycles. The van der Waals surface area contributed by atoms with E-state index in [0.29, 0.717) is 0 Å². The maximum absolute atomic E-state index is 12.4. The molecule has 2 aliphatic rings. The molecule has 224 valence electrons. The maximum atomic E-state index is 12.4. The fourth-order valence-corrected chi connectivity index (χ4v) is 5.07. The van der Waals surface area contributed by atoms with Gasteiger partial charge in [0, 0.05) is 12.3 Å². The van der Waals surface area contributed by atoms with E-state index in [4.69, 9.17) is 33.2 Å². The van der Waals surface area contributed by atoms with Crippen LogP contribution in [0.5, 0.6) is 0 Å². The number of methoxy groups -OCH3 is 2. The van der Waals surface area contributed by atoms with Gasteiger partial charge in [-0.15, -0.1) is 0 Å². The summed E-state index contributed by atoms with van der Waals surface area (Å²) in [6.45, 7) is 2.21. The minimum atomic E-state index is -1.43. The molecule has 11 nitrogen and oxygen atoms in total. The summed E-state index contributed by atoms with van der Waals surface area (Å²) in [7, 11) is 2.49. The zero-order valence-electron chi connectivity index (χ0n) is 23.4. The second-order valence-corrected chi connectivity index (χ2v) is 10.2. The average molecular weight is 575 g/mol. The number of hydrogen-bond acceptors (Lipinski definition) is 11. The van der Waals surface area contributed by atoms with Crippen LogP contribution in [0.1, 0.15) is 30.9 Å². The molecule has 0 aliphatic carbocycles. The monoisotopic (exact) mass is 574 g/mol. The Hall–Kier alpha value is -2.90. The van der Waals surface area contributed by atoms with Gasteiger partial charge in [0.25, 0.3) is 0 Å². The molecule has 0 radical (unpaired) electrons. The van der Waals surface area contributed by atoms with Gasteiger partial charge >= 0.3 is 11.9 Å². The van der Waals surface area contributed by atoms with Gasteiger partial charge in [0.15, 0.2) is 25.0 Å². The van der Waals surface area contributed by atoms with Gasteiger partial charge in [-0.2, -0.15) is 0 Å². The van der Waals surface area contributed by atoms with E-state index in [-0.39, 0.29) is 26.1 Å². The highest BCUT2D eigenvalue weighted by Crippen LogP contribution is 2.37. The minimum absolute atomic E-state index is 0.0401. The SMILES string of the molecule is COC(=O)CC1C(OCc2ccccc2)OC(O)C(OC2CC(OCc3ccccc3)C(O)C(C(=O)OC)O2)C1C. The van der Waals surface area contributed by atoms with Crippen molar-refractivity contribution in [3.05, 3.63) is 71.8 Å². The second-order valence-electron chi connectivity index (χ2n) is 10.2. The molecule has 2 aromatic rings. The van der Waals surface area contributed by atoms with E-state index in [9.17, 15) is 19.8 Å². The first-order chi connectivity index (χ1) is 19.8. The Morgan fingerprint density at radius 2 is 1.49 bits per heavy atom. The van der Waals surface area contributed by atoms with Crippen LogP contribution in [-0.4, -0.2) is 79.7 Å². The molecule has 2 aliphatic heterocycles. The van der Waals surface area contributed by atoms with Crippen molar-refractivity contribution in [2.45, 2.75) is 76.3 Å². The van der Waals surface area contributed by atoms with Crippen molar-refractivity contribution in [2.24, 2.45) is 11.8 Å². The van der Waals surface area contributed by atoms with Gasteiger partial charge in [0.2, 0.25) is 0 Å². The third-order valence-electron chi connectivity index (χ3n) is 7.45. The number of aliphatic hydroxyl groups excluding tert-OH is 2. The Morgan fingerprint density at radius 3 is 2.07 bits per heavy atom. The Morgan fingerprint density at radius 1 is 0.878 bits per heavy atom. The molecule has 41 heavy (non-hydrogen) atoms. The molecule has 2 N–H and O–H groups in total. The van der Waals surface area contributed by atoms with E-state index in [1.54, 1.807) is 0 Å². The molecule has 0 amide bonds. The van der Waals surface area contributed by atoms with Gasteiger partial charge in [-0.25, -0.2) is 4.79 Å². The maximum Gasteiger partial charge on any atom is 0.337 e. The third kappa shape index (κ3) is 8.10. The van der Waals surface area contributed by atoms with Crippen LogP contribution in [0.15, 0.2) is 60.7 Å².